The van der Waals surface area contributed by atoms with Crippen LogP contribution < -0.4 is 11.1 Å². The van der Waals surface area contributed by atoms with Crippen LogP contribution in [0.4, 0.5) is 16.3 Å². The Kier molecular flexibility index (Phi) is 7.61. The van der Waals surface area contributed by atoms with Gasteiger partial charge < -0.3 is 25.4 Å². The van der Waals surface area contributed by atoms with Crippen molar-refractivity contribution in [1.29, 1.82) is 0 Å². The van der Waals surface area contributed by atoms with Gasteiger partial charge in [-0.05, 0) is 26.8 Å². The van der Waals surface area contributed by atoms with Gasteiger partial charge in [0.05, 0.1) is 30.0 Å². The second-order valence-electron chi connectivity index (χ2n) is 10.7. The number of amides is 2. The summed E-state index contributed by atoms with van der Waals surface area (Å²) in [5, 5.41) is 7.32. The Balaban J connectivity index is 1.59. The molecule has 1 aliphatic rings. The molecule has 34 heavy (non-hydrogen) atoms. The molecule has 1 saturated heterocycles. The Morgan fingerprint density at radius 1 is 1.24 bits per heavy atom. The Labute approximate surface area is 201 Å². The van der Waals surface area contributed by atoms with E-state index in [-0.39, 0.29) is 23.5 Å². The molecule has 12 heteroatoms. The molecule has 0 bridgehead atoms. The van der Waals surface area contributed by atoms with Crippen molar-refractivity contribution in [3.8, 4) is 0 Å². The topological polar surface area (TPSA) is 137 Å². The molecule has 3 heterocycles. The van der Waals surface area contributed by atoms with Crippen molar-refractivity contribution in [1.82, 2.24) is 24.6 Å². The van der Waals surface area contributed by atoms with Crippen molar-refractivity contribution in [3.63, 3.8) is 0 Å². The first-order chi connectivity index (χ1) is 15.8. The first-order valence-electron chi connectivity index (χ1n) is 11.3. The number of hydrogen-bond acceptors (Lipinski definition) is 8. The smallest absolute Gasteiger partial charge is 0.410 e. The summed E-state index contributed by atoms with van der Waals surface area (Å²) in [6, 6.07) is 1.08. The molecule has 186 valence electrons. The van der Waals surface area contributed by atoms with E-state index in [1.165, 1.54) is 0 Å². The molecule has 1 aliphatic heterocycles. The molecule has 1 fully saturated rings. The summed E-state index contributed by atoms with van der Waals surface area (Å²) in [5.41, 5.74) is 6.28. The van der Waals surface area contributed by atoms with E-state index in [0.29, 0.717) is 37.8 Å². The van der Waals surface area contributed by atoms with Gasteiger partial charge in [0.15, 0.2) is 11.5 Å². The zero-order valence-electron chi connectivity index (χ0n) is 20.8. The fourth-order valence-corrected chi connectivity index (χ4v) is 3.93. The zero-order chi connectivity index (χ0) is 25.1. The third-order valence-electron chi connectivity index (χ3n) is 5.09. The fourth-order valence-electron chi connectivity index (χ4n) is 3.18. The minimum absolute atomic E-state index is 0.0346. The molecule has 2 aromatic heterocycles. The quantitative estimate of drug-likeness (QED) is 0.405. The van der Waals surface area contributed by atoms with Crippen LogP contribution in [0.25, 0.3) is 0 Å². The van der Waals surface area contributed by atoms with E-state index in [0.717, 1.165) is 6.04 Å². The van der Waals surface area contributed by atoms with Gasteiger partial charge in [0.2, 0.25) is 0 Å². The lowest BCUT2D eigenvalue weighted by Gasteiger charge is -2.39. The van der Waals surface area contributed by atoms with Crippen LogP contribution in [0.5, 0.6) is 0 Å². The number of nitrogens with one attached hydrogen (secondary N) is 1. The highest BCUT2D eigenvalue weighted by molar-refractivity contribution is 6.76. The number of rotatable bonds is 9. The van der Waals surface area contributed by atoms with Crippen LogP contribution in [0.15, 0.2) is 18.6 Å². The first-order valence-corrected chi connectivity index (χ1v) is 15.0. The van der Waals surface area contributed by atoms with Crippen LogP contribution in [-0.4, -0.2) is 70.0 Å². The molecule has 3 N–H and O–H groups in total. The summed E-state index contributed by atoms with van der Waals surface area (Å²) < 4.78 is 12.7. The predicted molar refractivity (Wildman–Crippen MR) is 131 cm³/mol. The van der Waals surface area contributed by atoms with E-state index < -0.39 is 19.6 Å². The average Bonchev–Trinajstić information content (AvgIpc) is 3.10. The summed E-state index contributed by atoms with van der Waals surface area (Å²) in [7, 11) is -1.14. The lowest BCUT2D eigenvalue weighted by molar-refractivity contribution is 0.00780. The number of nitrogens with two attached hydrogens (primary N) is 1. The summed E-state index contributed by atoms with van der Waals surface area (Å²) in [5.74, 6) is -0.482. The lowest BCUT2D eigenvalue weighted by atomic mass is 9.97. The van der Waals surface area contributed by atoms with Crippen LogP contribution in [0.1, 0.15) is 42.9 Å². The molecule has 11 nitrogen and oxygen atoms in total. The van der Waals surface area contributed by atoms with Gasteiger partial charge in [-0.3, -0.25) is 4.79 Å². The van der Waals surface area contributed by atoms with Crippen molar-refractivity contribution in [2.24, 2.45) is 5.73 Å². The van der Waals surface area contributed by atoms with Crippen molar-refractivity contribution in [2.75, 3.05) is 25.0 Å². The molecule has 0 spiro atoms. The average molecular weight is 490 g/mol. The summed E-state index contributed by atoms with van der Waals surface area (Å²) in [4.78, 5) is 34.6. The van der Waals surface area contributed by atoms with Gasteiger partial charge in [-0.15, -0.1) is 0 Å². The molecule has 3 rings (SSSR count). The van der Waals surface area contributed by atoms with Gasteiger partial charge >= 0.3 is 6.09 Å². The predicted octanol–water partition coefficient (Wildman–Crippen LogP) is 3.16. The van der Waals surface area contributed by atoms with Gasteiger partial charge in [-0.2, -0.15) is 5.10 Å². The molecule has 2 aromatic rings. The van der Waals surface area contributed by atoms with E-state index in [2.05, 4.69) is 40.0 Å². The summed E-state index contributed by atoms with van der Waals surface area (Å²) in [6.07, 6.45) is 4.61. The van der Waals surface area contributed by atoms with Gasteiger partial charge in [0.25, 0.3) is 5.91 Å². The summed E-state index contributed by atoms with van der Waals surface area (Å²) in [6.45, 7) is 14.3. The second-order valence-corrected chi connectivity index (χ2v) is 16.3. The van der Waals surface area contributed by atoms with Crippen LogP contribution in [0.3, 0.4) is 0 Å². The van der Waals surface area contributed by atoms with Crippen molar-refractivity contribution < 1.29 is 19.1 Å². The number of likely N-dealkylation sites (tertiary alicyclic amines) is 1. The van der Waals surface area contributed by atoms with E-state index in [1.807, 2.05) is 20.8 Å². The maximum atomic E-state index is 12.1. The van der Waals surface area contributed by atoms with Gasteiger partial charge in [0, 0.05) is 33.7 Å². The second kappa shape index (κ2) is 10.1. The molecule has 0 radical (unpaired) electrons. The third-order valence-corrected chi connectivity index (χ3v) is 6.80. The number of carbonyl (C=O) groups excluding carboxylic acids is 2. The van der Waals surface area contributed by atoms with Gasteiger partial charge in [0.1, 0.15) is 12.3 Å². The van der Waals surface area contributed by atoms with Crippen LogP contribution in [0.2, 0.25) is 25.7 Å². The SMILES string of the molecule is CC(C)(C)OC(=O)N1CC(c2cnc(Nc3cnn(COCC[Si](C)(C)C)c3)c(C(N)=O)n2)C1. The number of carbonyl (C=O) groups is 2. The number of nitrogens with zero attached hydrogens (tertiary/aromatic N) is 5. The largest absolute Gasteiger partial charge is 0.444 e. The monoisotopic (exact) mass is 489 g/mol. The molecule has 0 saturated carbocycles. The summed E-state index contributed by atoms with van der Waals surface area (Å²) >= 11 is 0. The maximum absolute atomic E-state index is 12.1. The van der Waals surface area contributed by atoms with Gasteiger partial charge in [-0.25, -0.2) is 19.4 Å². The highest BCUT2D eigenvalue weighted by Crippen LogP contribution is 2.28. The number of ether oxygens (including phenoxy) is 2. The van der Waals surface area contributed by atoms with Crippen molar-refractivity contribution in [2.45, 2.75) is 64.7 Å². The molecule has 2 amide bonds. The normalized spacial score (nSPS) is 14.6. The minimum atomic E-state index is -1.14. The molecule has 0 aliphatic carbocycles. The highest BCUT2D eigenvalue weighted by atomic mass is 28.3. The van der Waals surface area contributed by atoms with Crippen LogP contribution >= 0.6 is 0 Å². The number of aromatic nitrogens is 4. The minimum Gasteiger partial charge on any atom is -0.444 e. The van der Waals surface area contributed by atoms with E-state index >= 15 is 0 Å². The van der Waals surface area contributed by atoms with E-state index in [9.17, 15) is 9.59 Å². The molecule has 0 atom stereocenters. The first kappa shape index (κ1) is 25.6. The van der Waals surface area contributed by atoms with Crippen molar-refractivity contribution in [3.05, 3.63) is 30.0 Å². The molecule has 0 aromatic carbocycles. The molecule has 0 unspecified atom stereocenters. The third kappa shape index (κ3) is 7.25. The fraction of sp³-hybridized carbons (Fsp3) is 0.591. The maximum Gasteiger partial charge on any atom is 0.410 e. The Bertz CT molecular complexity index is 1020. The lowest BCUT2D eigenvalue weighted by Crippen LogP contribution is -2.50. The van der Waals surface area contributed by atoms with E-state index in [4.69, 9.17) is 15.2 Å². The highest BCUT2D eigenvalue weighted by Gasteiger charge is 2.36. The Hall–Kier alpha value is -2.99. The molecular weight excluding hydrogens is 454 g/mol. The molecular formula is C22H35N7O4Si. The van der Waals surface area contributed by atoms with E-state index in [1.54, 1.807) is 28.2 Å². The number of anilines is 2. The van der Waals surface area contributed by atoms with Crippen LogP contribution in [-0.2, 0) is 16.2 Å². The van der Waals surface area contributed by atoms with Gasteiger partial charge in [-0.1, -0.05) is 19.6 Å². The Morgan fingerprint density at radius 3 is 2.56 bits per heavy atom. The number of hydrogen-bond donors (Lipinski definition) is 2. The van der Waals surface area contributed by atoms with Crippen molar-refractivity contribution >= 4 is 31.6 Å². The standard InChI is InChI=1S/C22H35N7O4Si/c1-22(2,3)33-21(31)28-11-15(12-28)17-10-24-20(18(27-17)19(23)30)26-16-9-25-29(13-16)14-32-7-8-34(4,5)6/h9-10,13,15H,7-8,11-12,14H2,1-6H3,(H2,23,30)(H,24,26). The number of primary amides is 1. The Morgan fingerprint density at radius 2 is 1.94 bits per heavy atom. The van der Waals surface area contributed by atoms with Crippen LogP contribution in [0, 0.1) is 0 Å². The zero-order valence-corrected chi connectivity index (χ0v) is 21.8.